The fourth-order valence-corrected chi connectivity index (χ4v) is 7.32. The molecule has 0 amide bonds. The van der Waals surface area contributed by atoms with Gasteiger partial charge in [0.05, 0.1) is 7.11 Å². The Morgan fingerprint density at radius 1 is 0.800 bits per heavy atom. The van der Waals surface area contributed by atoms with Gasteiger partial charge in [0, 0.05) is 5.56 Å². The van der Waals surface area contributed by atoms with Gasteiger partial charge < -0.3 is 9.76 Å². The first-order chi connectivity index (χ1) is 14.7. The lowest BCUT2D eigenvalue weighted by Gasteiger charge is -2.57. The van der Waals surface area contributed by atoms with Crippen LogP contribution in [0.3, 0.4) is 0 Å². The van der Waals surface area contributed by atoms with Gasteiger partial charge in [0.2, 0.25) is 0 Å². The number of hydrogen-bond acceptors (Lipinski definition) is 2. The molecule has 4 aliphatic rings. The van der Waals surface area contributed by atoms with Crippen LogP contribution in [0, 0.1) is 17.8 Å². The van der Waals surface area contributed by atoms with Gasteiger partial charge in [0.1, 0.15) is 5.75 Å². The van der Waals surface area contributed by atoms with E-state index >= 15 is 0 Å². The highest BCUT2D eigenvalue weighted by atomic mass is 16.5. The maximum atomic E-state index is 9.41. The lowest BCUT2D eigenvalue weighted by atomic mass is 9.48. The topological polar surface area (TPSA) is 29.5 Å². The summed E-state index contributed by atoms with van der Waals surface area (Å²) in [6, 6.07) is 19.7. The van der Waals surface area contributed by atoms with Crippen molar-refractivity contribution in [1.82, 2.24) is 0 Å². The van der Waals surface area contributed by atoms with Crippen molar-refractivity contribution < 1.29 is 9.76 Å². The van der Waals surface area contributed by atoms with E-state index in [9.17, 15) is 5.02 Å². The summed E-state index contributed by atoms with van der Waals surface area (Å²) in [5, 5.41) is 11.8. The summed E-state index contributed by atoms with van der Waals surface area (Å²) in [6.45, 7) is 0. The molecule has 7 rings (SSSR count). The second kappa shape index (κ2) is 6.88. The van der Waals surface area contributed by atoms with Gasteiger partial charge in [-0.2, -0.15) is 0 Å². The summed E-state index contributed by atoms with van der Waals surface area (Å²) in [6.07, 6.45) is 8.42. The van der Waals surface area contributed by atoms with E-state index in [4.69, 9.17) is 4.74 Å². The molecular formula is C27H29BO2. The highest BCUT2D eigenvalue weighted by Gasteiger charge is 2.52. The molecule has 0 unspecified atom stereocenters. The molecule has 0 atom stereocenters. The lowest BCUT2D eigenvalue weighted by molar-refractivity contribution is -0.00613. The molecule has 3 heteroatoms. The first-order valence-electron chi connectivity index (χ1n) is 11.5. The third-order valence-corrected chi connectivity index (χ3v) is 8.23. The molecule has 0 aliphatic heterocycles. The van der Waals surface area contributed by atoms with Gasteiger partial charge in [0.15, 0.2) is 0 Å². The summed E-state index contributed by atoms with van der Waals surface area (Å²) in [7, 11) is 1.92. The highest BCUT2D eigenvalue weighted by molar-refractivity contribution is 6.46. The van der Waals surface area contributed by atoms with Gasteiger partial charge in [-0.15, -0.1) is 0 Å². The SMILES string of the molecule is COc1ccc(-c2ccc3cc(BO)ccc3c2)cc1C12CC3CC(CC(C3)C1)C2. The molecule has 0 saturated heterocycles. The smallest absolute Gasteiger partial charge is 0.304 e. The van der Waals surface area contributed by atoms with E-state index < -0.39 is 0 Å². The highest BCUT2D eigenvalue weighted by Crippen LogP contribution is 2.62. The van der Waals surface area contributed by atoms with Crippen molar-refractivity contribution in [3.8, 4) is 16.9 Å². The predicted molar refractivity (Wildman–Crippen MR) is 125 cm³/mol. The van der Waals surface area contributed by atoms with Crippen molar-refractivity contribution in [2.24, 2.45) is 17.8 Å². The number of benzene rings is 3. The minimum atomic E-state index is 0.0879. The Balaban J connectivity index is 1.43. The fraction of sp³-hybridized carbons (Fsp3) is 0.407. The summed E-state index contributed by atoms with van der Waals surface area (Å²) in [5.41, 5.74) is 5.28. The minimum absolute atomic E-state index is 0.0879. The first-order valence-corrected chi connectivity index (χ1v) is 11.5. The lowest BCUT2D eigenvalue weighted by Crippen LogP contribution is -2.48. The van der Waals surface area contributed by atoms with Crippen LogP contribution in [0.25, 0.3) is 21.9 Å². The minimum Gasteiger partial charge on any atom is -0.496 e. The zero-order chi connectivity index (χ0) is 20.3. The predicted octanol–water partition coefficient (Wildman–Crippen LogP) is 4.95. The Morgan fingerprint density at radius 2 is 1.40 bits per heavy atom. The Hall–Kier alpha value is -2.26. The first kappa shape index (κ1) is 18.5. The maximum absolute atomic E-state index is 9.41. The fourth-order valence-electron chi connectivity index (χ4n) is 7.32. The molecule has 30 heavy (non-hydrogen) atoms. The van der Waals surface area contributed by atoms with Crippen LogP contribution in [-0.2, 0) is 5.41 Å². The number of hydrogen-bond donors (Lipinski definition) is 1. The third-order valence-electron chi connectivity index (χ3n) is 8.23. The number of ether oxygens (including phenoxy) is 1. The molecule has 3 aromatic rings. The Bertz CT molecular complexity index is 1080. The van der Waals surface area contributed by atoms with Crippen LogP contribution in [-0.4, -0.2) is 19.6 Å². The average molecular weight is 396 g/mol. The van der Waals surface area contributed by atoms with Gasteiger partial charge in [-0.3, -0.25) is 0 Å². The van der Waals surface area contributed by atoms with Crippen LogP contribution in [0.1, 0.15) is 44.1 Å². The van der Waals surface area contributed by atoms with E-state index in [2.05, 4.69) is 48.5 Å². The number of fused-ring (bicyclic) bond motifs is 1. The molecule has 0 aromatic heterocycles. The van der Waals surface area contributed by atoms with Crippen LogP contribution in [0.15, 0.2) is 54.6 Å². The second-order valence-corrected chi connectivity index (χ2v) is 10.2. The van der Waals surface area contributed by atoms with Crippen molar-refractivity contribution in [2.45, 2.75) is 43.9 Å². The quantitative estimate of drug-likeness (QED) is 0.633. The van der Waals surface area contributed by atoms with E-state index in [1.807, 2.05) is 13.2 Å². The zero-order valence-corrected chi connectivity index (χ0v) is 17.7. The molecule has 4 aliphatic carbocycles. The van der Waals surface area contributed by atoms with E-state index in [0.717, 1.165) is 29.0 Å². The van der Waals surface area contributed by atoms with Crippen molar-refractivity contribution in [3.63, 3.8) is 0 Å². The molecule has 4 saturated carbocycles. The largest absolute Gasteiger partial charge is 0.496 e. The van der Waals surface area contributed by atoms with Crippen molar-refractivity contribution >= 4 is 23.7 Å². The molecule has 1 N–H and O–H groups in total. The summed E-state index contributed by atoms with van der Waals surface area (Å²) < 4.78 is 5.90. The summed E-state index contributed by atoms with van der Waals surface area (Å²) in [5.74, 6) is 3.84. The van der Waals surface area contributed by atoms with Crippen LogP contribution in [0.2, 0.25) is 0 Å². The van der Waals surface area contributed by atoms with Crippen LogP contribution in [0.4, 0.5) is 0 Å². The zero-order valence-electron chi connectivity index (χ0n) is 17.7. The van der Waals surface area contributed by atoms with Gasteiger partial charge in [-0.25, -0.2) is 0 Å². The molecule has 4 fully saturated rings. The van der Waals surface area contributed by atoms with E-state index in [1.54, 1.807) is 0 Å². The normalized spacial score (nSPS) is 29.3. The standard InChI is InChI=1S/C27H29BO2/c1-30-26-7-5-23(20-2-3-22-12-24(28-29)6-4-21(22)11-20)13-25(26)27-14-17-8-18(15-27)10-19(9-17)16-27/h2-7,11-13,17-19,28-29H,8-10,14-16H2,1H3. The van der Waals surface area contributed by atoms with Crippen molar-refractivity contribution in [3.05, 3.63) is 60.2 Å². The van der Waals surface area contributed by atoms with Gasteiger partial charge in [-0.1, -0.05) is 41.9 Å². The van der Waals surface area contributed by atoms with E-state index in [-0.39, 0.29) is 7.48 Å². The molecular weight excluding hydrogens is 367 g/mol. The van der Waals surface area contributed by atoms with Crippen molar-refractivity contribution in [2.75, 3.05) is 7.11 Å². The van der Waals surface area contributed by atoms with E-state index in [1.165, 1.54) is 66.0 Å². The third kappa shape index (κ3) is 2.90. The van der Waals surface area contributed by atoms with Crippen LogP contribution < -0.4 is 10.2 Å². The van der Waals surface area contributed by atoms with Crippen molar-refractivity contribution in [1.29, 1.82) is 0 Å². The Labute approximate surface area is 179 Å². The molecule has 152 valence electrons. The second-order valence-electron chi connectivity index (χ2n) is 10.2. The number of methoxy groups -OCH3 is 1. The monoisotopic (exact) mass is 396 g/mol. The Morgan fingerprint density at radius 3 is 2.07 bits per heavy atom. The molecule has 0 spiro atoms. The van der Waals surface area contributed by atoms with Gasteiger partial charge in [-0.05, 0) is 102 Å². The number of rotatable bonds is 4. The molecule has 4 bridgehead atoms. The van der Waals surface area contributed by atoms with Crippen LogP contribution >= 0.6 is 0 Å². The van der Waals surface area contributed by atoms with E-state index in [0.29, 0.717) is 5.41 Å². The summed E-state index contributed by atoms with van der Waals surface area (Å²) in [4.78, 5) is 0. The maximum Gasteiger partial charge on any atom is 0.304 e. The molecule has 0 radical (unpaired) electrons. The average Bonchev–Trinajstić information content (AvgIpc) is 2.77. The molecule has 3 aromatic carbocycles. The molecule has 0 heterocycles. The van der Waals surface area contributed by atoms with Gasteiger partial charge >= 0.3 is 7.48 Å². The summed E-state index contributed by atoms with van der Waals surface area (Å²) >= 11 is 0. The van der Waals surface area contributed by atoms with Crippen LogP contribution in [0.5, 0.6) is 5.75 Å². The Kier molecular flexibility index (Phi) is 4.25. The molecule has 2 nitrogen and oxygen atoms in total. The van der Waals surface area contributed by atoms with Gasteiger partial charge in [0.25, 0.3) is 0 Å².